The summed E-state index contributed by atoms with van der Waals surface area (Å²) >= 11 is 0. The van der Waals surface area contributed by atoms with E-state index in [0.717, 1.165) is 6.54 Å². The first-order chi connectivity index (χ1) is 9.79. The summed E-state index contributed by atoms with van der Waals surface area (Å²) in [5.74, 6) is 1.22. The van der Waals surface area contributed by atoms with Gasteiger partial charge in [-0.3, -0.25) is 4.90 Å². The third-order valence-electron chi connectivity index (χ3n) is 4.88. The van der Waals surface area contributed by atoms with Crippen molar-refractivity contribution in [2.75, 3.05) is 31.1 Å². The van der Waals surface area contributed by atoms with Crippen LogP contribution in [-0.2, 0) is 0 Å². The van der Waals surface area contributed by atoms with E-state index < -0.39 is 0 Å². The molecule has 0 N–H and O–H groups in total. The Labute approximate surface area is 123 Å². The minimum atomic E-state index is 0.599. The fraction of sp³-hybridized carbons (Fsp3) is 0.706. The molecule has 0 saturated carbocycles. The molecule has 0 radical (unpaired) electrons. The predicted molar refractivity (Wildman–Crippen MR) is 84.3 cm³/mol. The monoisotopic (exact) mass is 273 g/mol. The SMILES string of the molecule is CCN1CCC[C@H]1c1cnc(N2CCCCC2)c(C)c1. The molecule has 2 aliphatic heterocycles. The van der Waals surface area contributed by atoms with Crippen molar-refractivity contribution in [2.24, 2.45) is 0 Å². The van der Waals surface area contributed by atoms with Crippen molar-refractivity contribution < 1.29 is 0 Å². The molecule has 0 aromatic carbocycles. The molecule has 2 aliphatic rings. The van der Waals surface area contributed by atoms with Gasteiger partial charge in [-0.15, -0.1) is 0 Å². The molecule has 1 atom stereocenters. The highest BCUT2D eigenvalue weighted by Gasteiger charge is 2.25. The van der Waals surface area contributed by atoms with Gasteiger partial charge in [0.05, 0.1) is 0 Å². The zero-order chi connectivity index (χ0) is 13.9. The third-order valence-corrected chi connectivity index (χ3v) is 4.88. The molecule has 20 heavy (non-hydrogen) atoms. The van der Waals surface area contributed by atoms with Crippen LogP contribution in [0, 0.1) is 6.92 Å². The minimum Gasteiger partial charge on any atom is -0.356 e. The van der Waals surface area contributed by atoms with Gasteiger partial charge in [-0.2, -0.15) is 0 Å². The van der Waals surface area contributed by atoms with Crippen molar-refractivity contribution >= 4 is 5.82 Å². The van der Waals surface area contributed by atoms with Gasteiger partial charge in [0.15, 0.2) is 0 Å². The topological polar surface area (TPSA) is 19.4 Å². The summed E-state index contributed by atoms with van der Waals surface area (Å²) < 4.78 is 0. The normalized spacial score (nSPS) is 24.3. The Morgan fingerprint density at radius 3 is 2.65 bits per heavy atom. The van der Waals surface area contributed by atoms with Gasteiger partial charge < -0.3 is 4.90 Å². The van der Waals surface area contributed by atoms with Crippen LogP contribution in [-0.4, -0.2) is 36.1 Å². The van der Waals surface area contributed by atoms with Gasteiger partial charge in [-0.1, -0.05) is 6.92 Å². The maximum atomic E-state index is 4.81. The zero-order valence-corrected chi connectivity index (χ0v) is 12.9. The maximum Gasteiger partial charge on any atom is 0.131 e. The smallest absolute Gasteiger partial charge is 0.131 e. The largest absolute Gasteiger partial charge is 0.356 e. The number of hydrogen-bond acceptors (Lipinski definition) is 3. The average Bonchev–Trinajstić information content (AvgIpc) is 2.96. The second-order valence-electron chi connectivity index (χ2n) is 6.24. The van der Waals surface area contributed by atoms with Crippen LogP contribution in [0.15, 0.2) is 12.3 Å². The molecule has 1 aromatic rings. The van der Waals surface area contributed by atoms with Crippen molar-refractivity contribution in [1.29, 1.82) is 0 Å². The lowest BCUT2D eigenvalue weighted by molar-refractivity contribution is 0.271. The molecule has 0 unspecified atom stereocenters. The predicted octanol–water partition coefficient (Wildman–Crippen LogP) is 3.54. The van der Waals surface area contributed by atoms with Gasteiger partial charge >= 0.3 is 0 Å². The van der Waals surface area contributed by atoms with E-state index in [1.165, 1.54) is 68.7 Å². The summed E-state index contributed by atoms with van der Waals surface area (Å²) in [5, 5.41) is 0. The van der Waals surface area contributed by atoms with Crippen LogP contribution in [0.1, 0.15) is 56.2 Å². The summed E-state index contributed by atoms with van der Waals surface area (Å²) in [5.41, 5.74) is 2.77. The van der Waals surface area contributed by atoms with Crippen LogP contribution < -0.4 is 4.90 Å². The molecule has 0 spiro atoms. The van der Waals surface area contributed by atoms with Crippen LogP contribution in [0.3, 0.4) is 0 Å². The molecule has 2 fully saturated rings. The molecule has 3 nitrogen and oxygen atoms in total. The molecule has 0 bridgehead atoms. The second-order valence-corrected chi connectivity index (χ2v) is 6.24. The molecule has 0 amide bonds. The highest BCUT2D eigenvalue weighted by molar-refractivity contribution is 5.48. The summed E-state index contributed by atoms with van der Waals surface area (Å²) in [7, 11) is 0. The number of aryl methyl sites for hydroxylation is 1. The Hall–Kier alpha value is -1.09. The first-order valence-corrected chi connectivity index (χ1v) is 8.25. The number of pyridine rings is 1. The van der Waals surface area contributed by atoms with Gasteiger partial charge in [0, 0.05) is 25.3 Å². The van der Waals surface area contributed by atoms with Crippen LogP contribution in [0.2, 0.25) is 0 Å². The van der Waals surface area contributed by atoms with E-state index in [9.17, 15) is 0 Å². The van der Waals surface area contributed by atoms with E-state index in [1.54, 1.807) is 0 Å². The Morgan fingerprint density at radius 2 is 1.95 bits per heavy atom. The number of nitrogens with zero attached hydrogens (tertiary/aromatic N) is 3. The van der Waals surface area contributed by atoms with Crippen molar-refractivity contribution in [3.63, 3.8) is 0 Å². The number of likely N-dealkylation sites (tertiary alicyclic amines) is 1. The number of aromatic nitrogens is 1. The summed E-state index contributed by atoms with van der Waals surface area (Å²) in [6.45, 7) is 9.24. The lowest BCUT2D eigenvalue weighted by atomic mass is 10.0. The Balaban J connectivity index is 1.80. The zero-order valence-electron chi connectivity index (χ0n) is 12.9. The molecular formula is C17H27N3. The van der Waals surface area contributed by atoms with Crippen molar-refractivity contribution in [1.82, 2.24) is 9.88 Å². The molecule has 0 aliphatic carbocycles. The van der Waals surface area contributed by atoms with Crippen molar-refractivity contribution in [2.45, 2.75) is 52.0 Å². The third kappa shape index (κ3) is 2.69. The molecule has 1 aromatic heterocycles. The summed E-state index contributed by atoms with van der Waals surface area (Å²) in [6.07, 6.45) is 8.75. The van der Waals surface area contributed by atoms with E-state index in [4.69, 9.17) is 4.98 Å². The molecule has 3 heterocycles. The molecule has 110 valence electrons. The van der Waals surface area contributed by atoms with Gasteiger partial charge in [0.2, 0.25) is 0 Å². The highest BCUT2D eigenvalue weighted by atomic mass is 15.2. The van der Waals surface area contributed by atoms with Gasteiger partial charge in [-0.25, -0.2) is 4.98 Å². The fourth-order valence-electron chi connectivity index (χ4n) is 3.79. The van der Waals surface area contributed by atoms with Crippen molar-refractivity contribution in [3.05, 3.63) is 23.4 Å². The fourth-order valence-corrected chi connectivity index (χ4v) is 3.79. The van der Waals surface area contributed by atoms with Crippen LogP contribution in [0.25, 0.3) is 0 Å². The van der Waals surface area contributed by atoms with E-state index in [0.29, 0.717) is 6.04 Å². The first-order valence-electron chi connectivity index (χ1n) is 8.25. The van der Waals surface area contributed by atoms with Gasteiger partial charge in [0.1, 0.15) is 5.82 Å². The van der Waals surface area contributed by atoms with Crippen LogP contribution in [0.4, 0.5) is 5.82 Å². The lowest BCUT2D eigenvalue weighted by Gasteiger charge is -2.30. The average molecular weight is 273 g/mol. The summed E-state index contributed by atoms with van der Waals surface area (Å²) in [6, 6.07) is 2.98. The highest BCUT2D eigenvalue weighted by Crippen LogP contribution is 2.33. The van der Waals surface area contributed by atoms with E-state index in [-0.39, 0.29) is 0 Å². The standard InChI is InChI=1S/C17H27N3/c1-3-19-11-7-8-16(19)15-12-14(2)17(18-13-15)20-9-5-4-6-10-20/h12-13,16H,3-11H2,1-2H3/t16-/m0/s1. The molecule has 3 rings (SSSR count). The van der Waals surface area contributed by atoms with Crippen molar-refractivity contribution in [3.8, 4) is 0 Å². The van der Waals surface area contributed by atoms with E-state index >= 15 is 0 Å². The lowest BCUT2D eigenvalue weighted by Crippen LogP contribution is -2.31. The summed E-state index contributed by atoms with van der Waals surface area (Å²) in [4.78, 5) is 9.86. The maximum absolute atomic E-state index is 4.81. The Kier molecular flexibility index (Phi) is 4.25. The minimum absolute atomic E-state index is 0.599. The van der Waals surface area contributed by atoms with E-state index in [1.807, 2.05) is 0 Å². The van der Waals surface area contributed by atoms with Gasteiger partial charge in [0.25, 0.3) is 0 Å². The first kappa shape index (κ1) is 13.9. The van der Waals surface area contributed by atoms with Gasteiger partial charge in [-0.05, 0) is 69.3 Å². The number of piperidine rings is 1. The number of rotatable bonds is 3. The second kappa shape index (κ2) is 6.13. The molecular weight excluding hydrogens is 246 g/mol. The Bertz CT molecular complexity index is 452. The Morgan fingerprint density at radius 1 is 1.15 bits per heavy atom. The number of anilines is 1. The van der Waals surface area contributed by atoms with E-state index in [2.05, 4.69) is 35.9 Å². The van der Waals surface area contributed by atoms with Crippen LogP contribution in [0.5, 0.6) is 0 Å². The van der Waals surface area contributed by atoms with Crippen LogP contribution >= 0.6 is 0 Å². The molecule has 3 heteroatoms. The quantitative estimate of drug-likeness (QED) is 0.839. The molecule has 2 saturated heterocycles. The number of hydrogen-bond donors (Lipinski definition) is 0.